The van der Waals surface area contributed by atoms with Gasteiger partial charge in [-0.1, -0.05) is 19.1 Å². The Hall–Kier alpha value is -2.16. The molecule has 0 saturated carbocycles. The molecule has 0 atom stereocenters. The molecule has 0 saturated heterocycles. The van der Waals surface area contributed by atoms with Gasteiger partial charge in [0.15, 0.2) is 11.5 Å². The third-order valence-electron chi connectivity index (χ3n) is 2.78. The van der Waals surface area contributed by atoms with E-state index in [1.54, 1.807) is 0 Å². The fourth-order valence-electron chi connectivity index (χ4n) is 1.70. The number of benzene rings is 2. The third kappa shape index (κ3) is 3.41. The molecule has 3 nitrogen and oxygen atoms in total. The summed E-state index contributed by atoms with van der Waals surface area (Å²) >= 11 is 0. The van der Waals surface area contributed by atoms with Crippen molar-refractivity contribution in [3.8, 4) is 17.2 Å². The van der Waals surface area contributed by atoms with Crippen molar-refractivity contribution < 1.29 is 9.47 Å². The summed E-state index contributed by atoms with van der Waals surface area (Å²) in [5.74, 6) is 2.25. The highest BCUT2D eigenvalue weighted by Crippen LogP contribution is 2.32. The zero-order valence-corrected chi connectivity index (χ0v) is 11.3. The van der Waals surface area contributed by atoms with Crippen molar-refractivity contribution >= 4 is 5.69 Å². The molecule has 2 aromatic carbocycles. The molecular weight excluding hydrogens is 238 g/mol. The van der Waals surface area contributed by atoms with E-state index in [1.165, 1.54) is 0 Å². The Balaban J connectivity index is 2.20. The molecule has 0 bridgehead atoms. The molecule has 0 aromatic heterocycles. The summed E-state index contributed by atoms with van der Waals surface area (Å²) in [7, 11) is 0. The van der Waals surface area contributed by atoms with E-state index >= 15 is 0 Å². The summed E-state index contributed by atoms with van der Waals surface area (Å²) in [6.45, 7) is 4.72. The van der Waals surface area contributed by atoms with E-state index in [1.807, 2.05) is 49.4 Å². The van der Waals surface area contributed by atoms with Gasteiger partial charge < -0.3 is 15.2 Å². The number of ether oxygens (including phenoxy) is 2. The number of nitrogens with two attached hydrogens (primary N) is 1. The predicted octanol–water partition coefficient (Wildman–Crippen LogP) is 4.16. The van der Waals surface area contributed by atoms with Crippen molar-refractivity contribution in [3.05, 3.63) is 48.0 Å². The average Bonchev–Trinajstić information content (AvgIpc) is 2.42. The second-order valence-corrected chi connectivity index (χ2v) is 4.42. The van der Waals surface area contributed by atoms with E-state index < -0.39 is 0 Å². The fourth-order valence-corrected chi connectivity index (χ4v) is 1.70. The summed E-state index contributed by atoms with van der Waals surface area (Å²) in [6, 6.07) is 13.3. The molecule has 0 heterocycles. The molecule has 0 amide bonds. The lowest BCUT2D eigenvalue weighted by atomic mass is 10.2. The molecule has 19 heavy (non-hydrogen) atoms. The zero-order valence-electron chi connectivity index (χ0n) is 11.3. The predicted molar refractivity (Wildman–Crippen MR) is 77.9 cm³/mol. The Morgan fingerprint density at radius 2 is 1.79 bits per heavy atom. The maximum Gasteiger partial charge on any atom is 0.169 e. The molecule has 0 aliphatic heterocycles. The van der Waals surface area contributed by atoms with Crippen LogP contribution < -0.4 is 15.2 Å². The first-order chi connectivity index (χ1) is 9.20. The molecule has 2 rings (SSSR count). The number of anilines is 1. The van der Waals surface area contributed by atoms with E-state index in [0.717, 1.165) is 34.9 Å². The Bertz CT molecular complexity index is 552. The summed E-state index contributed by atoms with van der Waals surface area (Å²) in [5.41, 5.74) is 7.57. The van der Waals surface area contributed by atoms with Gasteiger partial charge in [0.25, 0.3) is 0 Å². The number of aryl methyl sites for hydroxylation is 1. The third-order valence-corrected chi connectivity index (χ3v) is 2.78. The maximum absolute atomic E-state index is 5.86. The summed E-state index contributed by atoms with van der Waals surface area (Å²) in [4.78, 5) is 0. The Labute approximate surface area is 114 Å². The van der Waals surface area contributed by atoms with Crippen LogP contribution in [0.4, 0.5) is 5.69 Å². The number of rotatable bonds is 5. The highest BCUT2D eigenvalue weighted by Gasteiger charge is 2.06. The zero-order chi connectivity index (χ0) is 13.7. The van der Waals surface area contributed by atoms with Gasteiger partial charge in [-0.2, -0.15) is 0 Å². The maximum atomic E-state index is 5.86. The lowest BCUT2D eigenvalue weighted by Crippen LogP contribution is -1.97. The second-order valence-electron chi connectivity index (χ2n) is 4.42. The van der Waals surface area contributed by atoms with Gasteiger partial charge in [0.05, 0.1) is 6.61 Å². The van der Waals surface area contributed by atoms with Gasteiger partial charge in [-0.05, 0) is 49.2 Å². The molecular formula is C16H19NO2. The van der Waals surface area contributed by atoms with Gasteiger partial charge in [0, 0.05) is 5.69 Å². The lowest BCUT2D eigenvalue weighted by molar-refractivity contribution is 0.302. The van der Waals surface area contributed by atoms with Gasteiger partial charge in [0.1, 0.15) is 5.75 Å². The highest BCUT2D eigenvalue weighted by atomic mass is 16.5. The van der Waals surface area contributed by atoms with Crippen molar-refractivity contribution in [1.82, 2.24) is 0 Å². The van der Waals surface area contributed by atoms with Crippen LogP contribution in [-0.2, 0) is 0 Å². The molecule has 0 unspecified atom stereocenters. The van der Waals surface area contributed by atoms with Crippen molar-refractivity contribution in [2.45, 2.75) is 20.3 Å². The molecule has 2 N–H and O–H groups in total. The van der Waals surface area contributed by atoms with Gasteiger partial charge in [0.2, 0.25) is 0 Å². The Morgan fingerprint density at radius 3 is 2.47 bits per heavy atom. The van der Waals surface area contributed by atoms with Gasteiger partial charge in [-0.3, -0.25) is 0 Å². The van der Waals surface area contributed by atoms with E-state index in [9.17, 15) is 0 Å². The minimum Gasteiger partial charge on any atom is -0.490 e. The molecule has 2 aromatic rings. The quantitative estimate of drug-likeness (QED) is 0.818. The Kier molecular flexibility index (Phi) is 4.29. The van der Waals surface area contributed by atoms with Crippen LogP contribution in [0.25, 0.3) is 0 Å². The number of hydrogen-bond acceptors (Lipinski definition) is 3. The van der Waals surface area contributed by atoms with Crippen LogP contribution in [0.15, 0.2) is 42.5 Å². The van der Waals surface area contributed by atoms with Gasteiger partial charge >= 0.3 is 0 Å². The summed E-state index contributed by atoms with van der Waals surface area (Å²) in [5, 5.41) is 0. The number of nitrogen functional groups attached to an aromatic ring is 1. The Morgan fingerprint density at radius 1 is 1.05 bits per heavy atom. The van der Waals surface area contributed by atoms with E-state index in [2.05, 4.69) is 6.92 Å². The minimum absolute atomic E-state index is 0.682. The first-order valence-corrected chi connectivity index (χ1v) is 6.46. The molecule has 3 heteroatoms. The number of para-hydroxylation sites is 2. The summed E-state index contributed by atoms with van der Waals surface area (Å²) in [6.07, 6.45) is 0.968. The summed E-state index contributed by atoms with van der Waals surface area (Å²) < 4.78 is 11.5. The smallest absolute Gasteiger partial charge is 0.169 e. The SMILES string of the molecule is CCCOc1ccccc1Oc1ccc(N)c(C)c1. The molecule has 0 spiro atoms. The van der Waals surface area contributed by atoms with Crippen molar-refractivity contribution in [2.75, 3.05) is 12.3 Å². The molecule has 0 radical (unpaired) electrons. The number of hydrogen-bond donors (Lipinski definition) is 1. The standard InChI is InChI=1S/C16H19NO2/c1-3-10-18-15-6-4-5-7-16(15)19-13-8-9-14(17)12(2)11-13/h4-9,11H,3,10,17H2,1-2H3. The largest absolute Gasteiger partial charge is 0.490 e. The lowest BCUT2D eigenvalue weighted by Gasteiger charge is -2.12. The topological polar surface area (TPSA) is 44.5 Å². The van der Waals surface area contributed by atoms with E-state index in [0.29, 0.717) is 6.61 Å². The van der Waals surface area contributed by atoms with Crippen LogP contribution in [0.1, 0.15) is 18.9 Å². The van der Waals surface area contributed by atoms with Crippen molar-refractivity contribution in [3.63, 3.8) is 0 Å². The van der Waals surface area contributed by atoms with Gasteiger partial charge in [-0.25, -0.2) is 0 Å². The van der Waals surface area contributed by atoms with Crippen LogP contribution >= 0.6 is 0 Å². The second kappa shape index (κ2) is 6.14. The van der Waals surface area contributed by atoms with Crippen LogP contribution in [0.3, 0.4) is 0 Å². The van der Waals surface area contributed by atoms with Crippen LogP contribution in [0, 0.1) is 6.92 Å². The fraction of sp³-hybridized carbons (Fsp3) is 0.250. The normalized spacial score (nSPS) is 10.2. The van der Waals surface area contributed by atoms with Crippen molar-refractivity contribution in [1.29, 1.82) is 0 Å². The van der Waals surface area contributed by atoms with Gasteiger partial charge in [-0.15, -0.1) is 0 Å². The minimum atomic E-state index is 0.682. The first kappa shape index (κ1) is 13.3. The van der Waals surface area contributed by atoms with E-state index in [4.69, 9.17) is 15.2 Å². The molecule has 0 fully saturated rings. The molecule has 100 valence electrons. The monoisotopic (exact) mass is 257 g/mol. The van der Waals surface area contributed by atoms with Crippen molar-refractivity contribution in [2.24, 2.45) is 0 Å². The van der Waals surface area contributed by atoms with E-state index in [-0.39, 0.29) is 0 Å². The van der Waals surface area contributed by atoms with Crippen LogP contribution in [0.2, 0.25) is 0 Å². The highest BCUT2D eigenvalue weighted by molar-refractivity contribution is 5.51. The first-order valence-electron chi connectivity index (χ1n) is 6.46. The molecule has 0 aliphatic carbocycles. The average molecular weight is 257 g/mol. The van der Waals surface area contributed by atoms with Crippen LogP contribution in [0.5, 0.6) is 17.2 Å². The van der Waals surface area contributed by atoms with Crippen LogP contribution in [-0.4, -0.2) is 6.61 Å². The molecule has 0 aliphatic rings.